The average molecular weight is 249 g/mol. The molecule has 0 atom stereocenters. The number of anilines is 1. The quantitative estimate of drug-likeness (QED) is 0.373. The van der Waals surface area contributed by atoms with Crippen LogP contribution in [0.3, 0.4) is 0 Å². The van der Waals surface area contributed by atoms with E-state index in [0.29, 0.717) is 0 Å². The molecule has 0 radical (unpaired) electrons. The first-order valence-corrected chi connectivity index (χ1v) is 6.16. The van der Waals surface area contributed by atoms with E-state index in [-0.39, 0.29) is 11.4 Å². The maximum absolute atomic E-state index is 8.89. The summed E-state index contributed by atoms with van der Waals surface area (Å²) in [5.74, 6) is 0.146. The molecule has 3 N–H and O–H groups in total. The molecule has 18 heavy (non-hydrogen) atoms. The van der Waals surface area contributed by atoms with Gasteiger partial charge in [0.1, 0.15) is 0 Å². The Bertz CT molecular complexity index is 452. The van der Waals surface area contributed by atoms with Gasteiger partial charge in [0.05, 0.1) is 0 Å². The van der Waals surface area contributed by atoms with Crippen LogP contribution in [0.15, 0.2) is 23.4 Å². The van der Waals surface area contributed by atoms with E-state index in [1.54, 1.807) is 0 Å². The van der Waals surface area contributed by atoms with Crippen LogP contribution in [0.4, 0.5) is 5.69 Å². The second-order valence-electron chi connectivity index (χ2n) is 5.23. The van der Waals surface area contributed by atoms with Gasteiger partial charge in [-0.15, -0.1) is 0 Å². The van der Waals surface area contributed by atoms with Crippen LogP contribution in [0.1, 0.15) is 38.3 Å². The zero-order chi connectivity index (χ0) is 13.9. The smallest absolute Gasteiger partial charge is 0.172 e. The number of nitrogens with zero attached hydrogens (tertiary/aromatic N) is 2. The lowest BCUT2D eigenvalue weighted by Gasteiger charge is -2.38. The lowest BCUT2D eigenvalue weighted by Crippen LogP contribution is -2.41. The van der Waals surface area contributed by atoms with E-state index in [0.717, 1.165) is 23.2 Å². The summed E-state index contributed by atoms with van der Waals surface area (Å²) in [6.45, 7) is 8.47. The molecule has 4 heteroatoms. The first-order chi connectivity index (χ1) is 8.33. The van der Waals surface area contributed by atoms with Crippen molar-refractivity contribution < 1.29 is 5.21 Å². The Balaban J connectivity index is 3.32. The number of aryl methyl sites for hydroxylation is 1. The zero-order valence-corrected chi connectivity index (χ0v) is 11.9. The van der Waals surface area contributed by atoms with Crippen LogP contribution >= 0.6 is 0 Å². The lowest BCUT2D eigenvalue weighted by molar-refractivity contribution is 0.318. The third-order valence-electron chi connectivity index (χ3n) is 3.67. The van der Waals surface area contributed by atoms with Gasteiger partial charge in [0.2, 0.25) is 0 Å². The van der Waals surface area contributed by atoms with Crippen LogP contribution in [0.2, 0.25) is 0 Å². The SMILES string of the molecule is CCC(C)(C)N(C)c1ccc(C)cc1/C(N)=N/O. The molecule has 1 aromatic rings. The number of hydrogen-bond acceptors (Lipinski definition) is 3. The predicted octanol–water partition coefficient (Wildman–Crippen LogP) is 2.71. The normalized spacial score (nSPS) is 12.6. The van der Waals surface area contributed by atoms with Gasteiger partial charge in [0.15, 0.2) is 5.84 Å². The summed E-state index contributed by atoms with van der Waals surface area (Å²) in [5.41, 5.74) is 8.60. The summed E-state index contributed by atoms with van der Waals surface area (Å²) in [6, 6.07) is 5.98. The molecule has 0 unspecified atom stereocenters. The molecule has 0 amide bonds. The van der Waals surface area contributed by atoms with Gasteiger partial charge in [-0.2, -0.15) is 0 Å². The number of amidine groups is 1. The lowest BCUT2D eigenvalue weighted by atomic mass is 9.97. The molecule has 0 heterocycles. The molecule has 0 spiro atoms. The predicted molar refractivity (Wildman–Crippen MR) is 76.5 cm³/mol. The highest BCUT2D eigenvalue weighted by Crippen LogP contribution is 2.28. The van der Waals surface area contributed by atoms with Crippen molar-refractivity contribution in [3.63, 3.8) is 0 Å². The third-order valence-corrected chi connectivity index (χ3v) is 3.67. The maximum atomic E-state index is 8.89. The highest BCUT2D eigenvalue weighted by Gasteiger charge is 2.24. The molecule has 1 rings (SSSR count). The van der Waals surface area contributed by atoms with Gasteiger partial charge in [-0.3, -0.25) is 0 Å². The summed E-state index contributed by atoms with van der Waals surface area (Å²) < 4.78 is 0. The molecule has 4 nitrogen and oxygen atoms in total. The summed E-state index contributed by atoms with van der Waals surface area (Å²) >= 11 is 0. The molecular formula is C14H23N3O. The molecule has 0 fully saturated rings. The third kappa shape index (κ3) is 2.75. The summed E-state index contributed by atoms with van der Waals surface area (Å²) in [7, 11) is 2.03. The van der Waals surface area contributed by atoms with Gasteiger partial charge in [-0.05, 0) is 39.3 Å². The minimum atomic E-state index is 0.0136. The van der Waals surface area contributed by atoms with Gasteiger partial charge in [0.25, 0.3) is 0 Å². The molecule has 0 saturated heterocycles. The molecule has 1 aromatic carbocycles. The van der Waals surface area contributed by atoms with Gasteiger partial charge in [-0.25, -0.2) is 0 Å². The first-order valence-electron chi connectivity index (χ1n) is 6.16. The van der Waals surface area contributed by atoms with Crippen molar-refractivity contribution >= 4 is 11.5 Å². The molecule has 0 aliphatic heterocycles. The van der Waals surface area contributed by atoms with E-state index in [9.17, 15) is 0 Å². The summed E-state index contributed by atoms with van der Waals surface area (Å²) in [4.78, 5) is 2.17. The van der Waals surface area contributed by atoms with Crippen LogP contribution in [0.5, 0.6) is 0 Å². The van der Waals surface area contributed by atoms with E-state index < -0.39 is 0 Å². The van der Waals surface area contributed by atoms with Crippen molar-refractivity contribution in [2.45, 2.75) is 39.7 Å². The monoisotopic (exact) mass is 249 g/mol. The molecule has 0 saturated carbocycles. The first kappa shape index (κ1) is 14.4. The van der Waals surface area contributed by atoms with Crippen LogP contribution in [-0.2, 0) is 0 Å². The summed E-state index contributed by atoms with van der Waals surface area (Å²) in [6.07, 6.45) is 1.01. The molecule has 0 aliphatic carbocycles. The van der Waals surface area contributed by atoms with Crippen LogP contribution < -0.4 is 10.6 Å². The fourth-order valence-corrected chi connectivity index (χ4v) is 1.76. The van der Waals surface area contributed by atoms with Crippen molar-refractivity contribution in [2.75, 3.05) is 11.9 Å². The van der Waals surface area contributed by atoms with Crippen molar-refractivity contribution in [3.05, 3.63) is 29.3 Å². The molecular weight excluding hydrogens is 226 g/mol. The fourth-order valence-electron chi connectivity index (χ4n) is 1.76. The molecule has 100 valence electrons. The standard InChI is InChI=1S/C14H23N3O/c1-6-14(3,4)17(5)12-8-7-10(2)9-11(12)13(15)16-18/h7-9,18H,6H2,1-5H3,(H2,15,16). The van der Waals surface area contributed by atoms with E-state index >= 15 is 0 Å². The largest absolute Gasteiger partial charge is 0.409 e. The van der Waals surface area contributed by atoms with Gasteiger partial charge >= 0.3 is 0 Å². The van der Waals surface area contributed by atoms with E-state index in [4.69, 9.17) is 10.9 Å². The average Bonchev–Trinajstić information content (AvgIpc) is 2.36. The van der Waals surface area contributed by atoms with Crippen LogP contribution in [-0.4, -0.2) is 23.6 Å². The summed E-state index contributed by atoms with van der Waals surface area (Å²) in [5, 5.41) is 12.0. The Morgan fingerprint density at radius 3 is 2.56 bits per heavy atom. The minimum Gasteiger partial charge on any atom is -0.409 e. The number of rotatable bonds is 4. The Hall–Kier alpha value is -1.71. The Labute approximate surface area is 109 Å². The van der Waals surface area contributed by atoms with Gasteiger partial charge in [-0.1, -0.05) is 23.7 Å². The topological polar surface area (TPSA) is 61.8 Å². The minimum absolute atomic E-state index is 0.0136. The van der Waals surface area contributed by atoms with Gasteiger partial charge in [0, 0.05) is 23.8 Å². The second kappa shape index (κ2) is 5.29. The molecule has 0 aliphatic rings. The number of oxime groups is 1. The molecule has 0 bridgehead atoms. The molecule has 0 aromatic heterocycles. The fraction of sp³-hybridized carbons (Fsp3) is 0.500. The van der Waals surface area contributed by atoms with Crippen molar-refractivity contribution in [1.82, 2.24) is 0 Å². The van der Waals surface area contributed by atoms with E-state index in [1.807, 2.05) is 32.2 Å². The number of hydrogen-bond donors (Lipinski definition) is 2. The highest BCUT2D eigenvalue weighted by atomic mass is 16.4. The van der Waals surface area contributed by atoms with Crippen molar-refractivity contribution in [3.8, 4) is 0 Å². The van der Waals surface area contributed by atoms with Crippen molar-refractivity contribution in [2.24, 2.45) is 10.9 Å². The Morgan fingerprint density at radius 1 is 1.44 bits per heavy atom. The van der Waals surface area contributed by atoms with Crippen molar-refractivity contribution in [1.29, 1.82) is 0 Å². The Morgan fingerprint density at radius 2 is 2.06 bits per heavy atom. The number of nitrogens with two attached hydrogens (primary N) is 1. The second-order valence-corrected chi connectivity index (χ2v) is 5.23. The van der Waals surface area contributed by atoms with E-state index in [2.05, 4.69) is 30.8 Å². The zero-order valence-electron chi connectivity index (χ0n) is 11.9. The maximum Gasteiger partial charge on any atom is 0.172 e. The van der Waals surface area contributed by atoms with Crippen LogP contribution in [0.25, 0.3) is 0 Å². The highest BCUT2D eigenvalue weighted by molar-refractivity contribution is 6.02. The number of benzene rings is 1. The van der Waals surface area contributed by atoms with Crippen LogP contribution in [0, 0.1) is 6.92 Å². The van der Waals surface area contributed by atoms with E-state index in [1.165, 1.54) is 0 Å². The van der Waals surface area contributed by atoms with Gasteiger partial charge < -0.3 is 15.8 Å². The Kier molecular flexibility index (Phi) is 4.22.